The third-order valence-electron chi connectivity index (χ3n) is 5.15. The highest BCUT2D eigenvalue weighted by Crippen LogP contribution is 2.39. The molecular weight excluding hydrogens is 491 g/mol. The minimum Gasteiger partial charge on any atom is -0.543 e. The maximum absolute atomic E-state index is 6.51. The van der Waals surface area contributed by atoms with Crippen molar-refractivity contribution >= 4 is 64.5 Å². The predicted octanol–water partition coefficient (Wildman–Crippen LogP) is 6.82. The van der Waals surface area contributed by atoms with Gasteiger partial charge in [0.15, 0.2) is 0 Å². The van der Waals surface area contributed by atoms with E-state index in [4.69, 9.17) is 33.4 Å². The SMILES string of the molecule is CC(C)(C)[Si](C)(C)Oc1ccc(/N=C(\N)c2cnn3cc(Br)cc3c2Cl)c(Cl)c1. The number of nitrogens with zero attached hydrogens (tertiary/aromatic N) is 3. The van der Waals surface area contributed by atoms with Crippen molar-refractivity contribution in [3.05, 3.63) is 56.7 Å². The fraction of sp³-hybridized carbons (Fsp3) is 0.300. The van der Waals surface area contributed by atoms with Gasteiger partial charge >= 0.3 is 0 Å². The van der Waals surface area contributed by atoms with Crippen molar-refractivity contribution in [3.63, 3.8) is 0 Å². The van der Waals surface area contributed by atoms with Crippen LogP contribution in [-0.2, 0) is 0 Å². The van der Waals surface area contributed by atoms with Crippen molar-refractivity contribution in [3.8, 4) is 5.75 Å². The lowest BCUT2D eigenvalue weighted by molar-refractivity contribution is 0.492. The van der Waals surface area contributed by atoms with Crippen molar-refractivity contribution in [2.45, 2.75) is 38.9 Å². The first kappa shape index (κ1) is 22.1. The normalized spacial score (nSPS) is 13.2. The van der Waals surface area contributed by atoms with Gasteiger partial charge in [-0.05, 0) is 58.3 Å². The van der Waals surface area contributed by atoms with E-state index in [9.17, 15) is 0 Å². The van der Waals surface area contributed by atoms with Crippen LogP contribution in [0.25, 0.3) is 5.52 Å². The zero-order valence-electron chi connectivity index (χ0n) is 16.9. The lowest BCUT2D eigenvalue weighted by atomic mass is 10.2. The highest BCUT2D eigenvalue weighted by molar-refractivity contribution is 9.10. The highest BCUT2D eigenvalue weighted by atomic mass is 79.9. The van der Waals surface area contributed by atoms with Gasteiger partial charge in [-0.3, -0.25) is 0 Å². The molecule has 0 amide bonds. The second kappa shape index (κ2) is 7.94. The Morgan fingerprint density at radius 2 is 1.93 bits per heavy atom. The molecule has 3 rings (SSSR count). The Bertz CT molecular complexity index is 1110. The van der Waals surface area contributed by atoms with Gasteiger partial charge in [0.05, 0.1) is 33.0 Å². The average Bonchev–Trinajstić information content (AvgIpc) is 2.97. The number of nitrogens with two attached hydrogens (primary N) is 1. The quantitative estimate of drug-likeness (QED) is 0.236. The minimum absolute atomic E-state index is 0.0942. The van der Waals surface area contributed by atoms with Crippen LogP contribution in [0.2, 0.25) is 28.2 Å². The minimum atomic E-state index is -1.95. The summed E-state index contributed by atoms with van der Waals surface area (Å²) < 4.78 is 8.84. The average molecular weight is 514 g/mol. The summed E-state index contributed by atoms with van der Waals surface area (Å²) in [6.45, 7) is 11.0. The van der Waals surface area contributed by atoms with Crippen molar-refractivity contribution in [2.75, 3.05) is 0 Å². The zero-order valence-corrected chi connectivity index (χ0v) is 21.0. The Labute approximate surface area is 190 Å². The van der Waals surface area contributed by atoms with Gasteiger partial charge in [-0.15, -0.1) is 0 Å². The number of amidine groups is 1. The van der Waals surface area contributed by atoms with Crippen LogP contribution in [0.4, 0.5) is 5.69 Å². The molecule has 0 aliphatic carbocycles. The van der Waals surface area contributed by atoms with E-state index in [1.54, 1.807) is 22.8 Å². The van der Waals surface area contributed by atoms with E-state index in [2.05, 4.69) is 59.9 Å². The van der Waals surface area contributed by atoms with Crippen molar-refractivity contribution < 1.29 is 4.43 Å². The molecular formula is C20H23BrCl2N4OSi. The number of hydrogen-bond acceptors (Lipinski definition) is 3. The summed E-state index contributed by atoms with van der Waals surface area (Å²) in [5, 5.41) is 5.34. The summed E-state index contributed by atoms with van der Waals surface area (Å²) >= 11 is 16.4. The molecule has 0 spiro atoms. The highest BCUT2D eigenvalue weighted by Gasteiger charge is 2.39. The first-order valence-corrected chi connectivity index (χ1v) is 13.5. The van der Waals surface area contributed by atoms with E-state index in [1.165, 1.54) is 0 Å². The van der Waals surface area contributed by atoms with Gasteiger partial charge in [-0.2, -0.15) is 5.10 Å². The largest absolute Gasteiger partial charge is 0.543 e. The van der Waals surface area contributed by atoms with Gasteiger partial charge in [-0.1, -0.05) is 44.0 Å². The molecule has 3 aromatic rings. The second-order valence-corrected chi connectivity index (χ2v) is 14.8. The van der Waals surface area contributed by atoms with Crippen LogP contribution in [0.1, 0.15) is 26.3 Å². The molecule has 154 valence electrons. The molecule has 5 nitrogen and oxygen atoms in total. The molecule has 0 aliphatic rings. The van der Waals surface area contributed by atoms with Crippen LogP contribution in [0.5, 0.6) is 5.75 Å². The molecule has 0 saturated heterocycles. The summed E-state index contributed by atoms with van der Waals surface area (Å²) in [6, 6.07) is 7.31. The molecule has 1 aromatic carbocycles. The number of halogens is 3. The molecule has 0 fully saturated rings. The third kappa shape index (κ3) is 4.63. The van der Waals surface area contributed by atoms with E-state index in [1.807, 2.05) is 18.3 Å². The topological polar surface area (TPSA) is 64.9 Å². The Hall–Kier alpha value is -1.54. The number of aromatic nitrogens is 2. The van der Waals surface area contributed by atoms with Crippen molar-refractivity contribution in [1.82, 2.24) is 9.61 Å². The Kier molecular flexibility index (Phi) is 6.07. The Balaban J connectivity index is 1.92. The van der Waals surface area contributed by atoms with Gasteiger partial charge in [-0.25, -0.2) is 9.51 Å². The van der Waals surface area contributed by atoms with E-state index in [0.717, 1.165) is 15.7 Å². The number of rotatable bonds is 4. The van der Waals surface area contributed by atoms with E-state index < -0.39 is 8.32 Å². The van der Waals surface area contributed by atoms with Gasteiger partial charge in [0, 0.05) is 10.7 Å². The molecule has 2 aromatic heterocycles. The van der Waals surface area contributed by atoms with Crippen LogP contribution in [0.15, 0.2) is 46.1 Å². The van der Waals surface area contributed by atoms with E-state index in [-0.39, 0.29) is 10.9 Å². The van der Waals surface area contributed by atoms with Crippen LogP contribution >= 0.6 is 39.1 Å². The fourth-order valence-electron chi connectivity index (χ4n) is 2.45. The van der Waals surface area contributed by atoms with Gasteiger partial charge in [0.1, 0.15) is 11.6 Å². The van der Waals surface area contributed by atoms with Crippen molar-refractivity contribution in [2.24, 2.45) is 10.7 Å². The van der Waals surface area contributed by atoms with E-state index >= 15 is 0 Å². The van der Waals surface area contributed by atoms with Gasteiger partial charge in [0.25, 0.3) is 0 Å². The van der Waals surface area contributed by atoms with Gasteiger partial charge in [0.2, 0.25) is 8.32 Å². The first-order chi connectivity index (χ1) is 13.4. The molecule has 0 aliphatic heterocycles. The summed E-state index contributed by atoms with van der Waals surface area (Å²) in [6.07, 6.45) is 3.40. The summed E-state index contributed by atoms with van der Waals surface area (Å²) in [4.78, 5) is 4.46. The number of aliphatic imine (C=N–C) groups is 1. The number of fused-ring (bicyclic) bond motifs is 1. The van der Waals surface area contributed by atoms with E-state index in [0.29, 0.717) is 21.3 Å². The Morgan fingerprint density at radius 3 is 2.55 bits per heavy atom. The molecule has 0 bridgehead atoms. The summed E-state index contributed by atoms with van der Waals surface area (Å²) in [7, 11) is -1.95. The number of benzene rings is 1. The molecule has 0 radical (unpaired) electrons. The monoisotopic (exact) mass is 512 g/mol. The standard InChI is InChI=1S/C20H23BrCl2N4OSi/c1-20(2,3)29(4,5)28-13-6-7-16(15(22)9-13)26-19(24)14-10-25-27-11-12(21)8-17(27)18(14)23/h6-11H,1-5H3,(H2,24,26). The predicted molar refractivity (Wildman–Crippen MR) is 128 cm³/mol. The maximum atomic E-state index is 6.51. The summed E-state index contributed by atoms with van der Waals surface area (Å²) in [5.41, 5.74) is 8.03. The number of hydrogen-bond donors (Lipinski definition) is 1. The summed E-state index contributed by atoms with van der Waals surface area (Å²) in [5.74, 6) is 0.973. The molecule has 0 unspecified atom stereocenters. The molecule has 2 N–H and O–H groups in total. The fourth-order valence-corrected chi connectivity index (χ4v) is 4.39. The lowest BCUT2D eigenvalue weighted by Gasteiger charge is -2.36. The van der Waals surface area contributed by atoms with Crippen LogP contribution < -0.4 is 10.2 Å². The molecule has 0 atom stereocenters. The molecule has 29 heavy (non-hydrogen) atoms. The Morgan fingerprint density at radius 1 is 1.24 bits per heavy atom. The zero-order chi connectivity index (χ0) is 21.6. The molecule has 2 heterocycles. The van der Waals surface area contributed by atoms with Gasteiger partial charge < -0.3 is 10.2 Å². The van der Waals surface area contributed by atoms with Crippen LogP contribution in [0.3, 0.4) is 0 Å². The third-order valence-corrected chi connectivity index (χ3v) is 10.6. The second-order valence-electron chi connectivity index (χ2n) is 8.33. The smallest absolute Gasteiger partial charge is 0.250 e. The maximum Gasteiger partial charge on any atom is 0.250 e. The molecule has 9 heteroatoms. The first-order valence-electron chi connectivity index (χ1n) is 9.04. The molecule has 0 saturated carbocycles. The van der Waals surface area contributed by atoms with Crippen LogP contribution in [0, 0.1) is 0 Å². The van der Waals surface area contributed by atoms with Crippen LogP contribution in [-0.4, -0.2) is 23.8 Å². The van der Waals surface area contributed by atoms with Crippen molar-refractivity contribution in [1.29, 1.82) is 0 Å². The lowest BCUT2D eigenvalue weighted by Crippen LogP contribution is -2.43.